The highest BCUT2D eigenvalue weighted by atomic mass is 16.2. The van der Waals surface area contributed by atoms with Crippen molar-refractivity contribution in [2.24, 2.45) is 5.73 Å². The number of pyridine rings is 1. The summed E-state index contributed by atoms with van der Waals surface area (Å²) in [6, 6.07) is 1.52. The summed E-state index contributed by atoms with van der Waals surface area (Å²) in [5, 5.41) is 0.907. The number of likely N-dealkylation sites (N-methyl/N-ethyl adjacent to an activating group) is 1. The molecular weight excluding hydrogens is 282 g/mol. The minimum Gasteiger partial charge on any atom is -0.366 e. The van der Waals surface area contributed by atoms with Crippen LogP contribution in [0.3, 0.4) is 0 Å². The van der Waals surface area contributed by atoms with Crippen molar-refractivity contribution in [2.75, 3.05) is 25.0 Å². The lowest BCUT2D eigenvalue weighted by atomic mass is 10.1. The van der Waals surface area contributed by atoms with Gasteiger partial charge in [0.1, 0.15) is 0 Å². The summed E-state index contributed by atoms with van der Waals surface area (Å²) in [6.07, 6.45) is 6.34. The predicted octanol–water partition coefficient (Wildman–Crippen LogP) is 0.796. The quantitative estimate of drug-likeness (QED) is 0.849. The predicted molar refractivity (Wildman–Crippen MR) is 83.7 cm³/mol. The van der Waals surface area contributed by atoms with E-state index in [4.69, 9.17) is 5.73 Å². The van der Waals surface area contributed by atoms with Crippen molar-refractivity contribution in [1.29, 1.82) is 0 Å². The van der Waals surface area contributed by atoms with Crippen molar-refractivity contribution >= 4 is 28.5 Å². The molecule has 0 aliphatic carbocycles. The maximum Gasteiger partial charge on any atom is 0.323 e. The zero-order valence-electron chi connectivity index (χ0n) is 12.3. The fraction of sp³-hybridized carbons (Fsp3) is 0.267. The van der Waals surface area contributed by atoms with E-state index >= 15 is 0 Å². The van der Waals surface area contributed by atoms with E-state index in [0.29, 0.717) is 18.6 Å². The van der Waals surface area contributed by atoms with Crippen LogP contribution < -0.4 is 10.6 Å². The number of rotatable bonds is 3. The lowest BCUT2D eigenvalue weighted by Crippen LogP contribution is -2.60. The van der Waals surface area contributed by atoms with Gasteiger partial charge in [-0.1, -0.05) is 6.58 Å². The lowest BCUT2D eigenvalue weighted by molar-refractivity contribution is -0.130. The van der Waals surface area contributed by atoms with Gasteiger partial charge in [-0.3, -0.25) is 14.3 Å². The van der Waals surface area contributed by atoms with Gasteiger partial charge in [-0.15, -0.1) is 0 Å². The number of amides is 2. The Morgan fingerprint density at radius 2 is 2.18 bits per heavy atom. The second-order valence-electron chi connectivity index (χ2n) is 5.33. The molecule has 22 heavy (non-hydrogen) atoms. The molecule has 3 heterocycles. The molecule has 1 aliphatic heterocycles. The van der Waals surface area contributed by atoms with Crippen molar-refractivity contribution in [3.63, 3.8) is 0 Å². The SMILES string of the molecule is C=CC(=O)N1CC(N(C)c2cncc3c2ccn3C(N)=O)C1. The molecule has 1 fully saturated rings. The Kier molecular flexibility index (Phi) is 3.32. The van der Waals surface area contributed by atoms with E-state index < -0.39 is 6.03 Å². The Labute approximate surface area is 127 Å². The monoisotopic (exact) mass is 299 g/mol. The third kappa shape index (κ3) is 2.11. The van der Waals surface area contributed by atoms with Gasteiger partial charge in [0.25, 0.3) is 0 Å². The first-order chi connectivity index (χ1) is 10.5. The molecule has 2 aromatic heterocycles. The van der Waals surface area contributed by atoms with E-state index in [0.717, 1.165) is 11.1 Å². The van der Waals surface area contributed by atoms with E-state index in [1.54, 1.807) is 23.5 Å². The number of hydrogen-bond donors (Lipinski definition) is 1. The smallest absolute Gasteiger partial charge is 0.323 e. The number of carbonyl (C=O) groups is 2. The van der Waals surface area contributed by atoms with Gasteiger partial charge in [-0.2, -0.15) is 0 Å². The van der Waals surface area contributed by atoms with Crippen molar-refractivity contribution in [3.05, 3.63) is 37.3 Å². The van der Waals surface area contributed by atoms with Gasteiger partial charge in [-0.05, 0) is 12.1 Å². The second kappa shape index (κ2) is 5.18. The topological polar surface area (TPSA) is 84.5 Å². The number of primary amides is 1. The van der Waals surface area contributed by atoms with Gasteiger partial charge in [0, 0.05) is 31.7 Å². The van der Waals surface area contributed by atoms with E-state index in [9.17, 15) is 9.59 Å². The summed E-state index contributed by atoms with van der Waals surface area (Å²) in [5.74, 6) is -0.0548. The number of hydrogen-bond acceptors (Lipinski definition) is 4. The Bertz CT molecular complexity index is 760. The molecule has 0 spiro atoms. The van der Waals surface area contributed by atoms with Crippen molar-refractivity contribution in [2.45, 2.75) is 6.04 Å². The molecule has 2 N–H and O–H groups in total. The van der Waals surface area contributed by atoms with Gasteiger partial charge in [0.05, 0.1) is 29.6 Å². The first kappa shape index (κ1) is 14.1. The fourth-order valence-corrected chi connectivity index (χ4v) is 2.72. The maximum absolute atomic E-state index is 11.5. The number of likely N-dealkylation sites (tertiary alicyclic amines) is 1. The molecule has 0 unspecified atom stereocenters. The van der Waals surface area contributed by atoms with Crippen LogP contribution >= 0.6 is 0 Å². The number of nitrogens with zero attached hydrogens (tertiary/aromatic N) is 4. The average Bonchev–Trinajstić information content (AvgIpc) is 2.89. The van der Waals surface area contributed by atoms with Gasteiger partial charge in [-0.25, -0.2) is 4.79 Å². The molecule has 114 valence electrons. The first-order valence-corrected chi connectivity index (χ1v) is 6.92. The van der Waals surface area contributed by atoms with Gasteiger partial charge >= 0.3 is 6.03 Å². The number of nitrogens with two attached hydrogens (primary N) is 1. The minimum absolute atomic E-state index is 0.0548. The van der Waals surface area contributed by atoms with E-state index in [1.165, 1.54) is 10.6 Å². The third-order valence-electron chi connectivity index (χ3n) is 4.11. The van der Waals surface area contributed by atoms with Gasteiger partial charge in [0.2, 0.25) is 5.91 Å². The van der Waals surface area contributed by atoms with Crippen LogP contribution in [0.25, 0.3) is 10.9 Å². The standard InChI is InChI=1S/C15H17N5O2/c1-3-14(21)19-8-10(9-19)18(2)12-6-17-7-13-11(12)4-5-20(13)15(16)22/h3-7,10H,1,8-9H2,2H3,(H2,16,22). The maximum atomic E-state index is 11.5. The Morgan fingerprint density at radius 1 is 1.45 bits per heavy atom. The van der Waals surface area contributed by atoms with Crippen molar-refractivity contribution in [1.82, 2.24) is 14.5 Å². The van der Waals surface area contributed by atoms with E-state index in [2.05, 4.69) is 16.5 Å². The molecule has 0 aromatic carbocycles. The first-order valence-electron chi connectivity index (χ1n) is 6.92. The molecule has 0 radical (unpaired) electrons. The normalized spacial score (nSPS) is 14.7. The average molecular weight is 299 g/mol. The highest BCUT2D eigenvalue weighted by Crippen LogP contribution is 2.29. The zero-order chi connectivity index (χ0) is 15.9. The Hall–Kier alpha value is -2.83. The second-order valence-corrected chi connectivity index (χ2v) is 5.33. The van der Waals surface area contributed by atoms with Crippen molar-refractivity contribution in [3.8, 4) is 0 Å². The van der Waals surface area contributed by atoms with Crippen LogP contribution in [0.4, 0.5) is 10.5 Å². The van der Waals surface area contributed by atoms with Crippen molar-refractivity contribution < 1.29 is 9.59 Å². The Morgan fingerprint density at radius 3 is 2.82 bits per heavy atom. The highest BCUT2D eigenvalue weighted by molar-refractivity contribution is 5.97. The van der Waals surface area contributed by atoms with Crippen LogP contribution in [-0.4, -0.2) is 52.6 Å². The van der Waals surface area contributed by atoms with Crippen LogP contribution in [-0.2, 0) is 4.79 Å². The molecule has 0 atom stereocenters. The summed E-state index contributed by atoms with van der Waals surface area (Å²) in [6.45, 7) is 4.78. The highest BCUT2D eigenvalue weighted by Gasteiger charge is 2.33. The van der Waals surface area contributed by atoms with E-state index in [-0.39, 0.29) is 11.9 Å². The van der Waals surface area contributed by atoms with Gasteiger partial charge < -0.3 is 15.5 Å². The number of aromatic nitrogens is 2. The molecule has 2 aromatic rings. The third-order valence-corrected chi connectivity index (χ3v) is 4.11. The van der Waals surface area contributed by atoms with E-state index in [1.807, 2.05) is 13.1 Å². The molecule has 0 saturated carbocycles. The van der Waals surface area contributed by atoms with Crippen LogP contribution in [0.15, 0.2) is 37.3 Å². The summed E-state index contributed by atoms with van der Waals surface area (Å²) in [5.41, 5.74) is 6.93. The molecule has 1 saturated heterocycles. The molecular formula is C15H17N5O2. The van der Waals surface area contributed by atoms with Gasteiger partial charge in [0.15, 0.2) is 0 Å². The number of fused-ring (bicyclic) bond motifs is 1. The number of carbonyl (C=O) groups excluding carboxylic acids is 2. The molecule has 0 bridgehead atoms. The lowest BCUT2D eigenvalue weighted by Gasteiger charge is -2.44. The summed E-state index contributed by atoms with van der Waals surface area (Å²) >= 11 is 0. The van der Waals surface area contributed by atoms with Crippen LogP contribution in [0.2, 0.25) is 0 Å². The largest absolute Gasteiger partial charge is 0.366 e. The Balaban J connectivity index is 1.86. The molecule has 7 heteroatoms. The summed E-state index contributed by atoms with van der Waals surface area (Å²) in [4.78, 5) is 30.9. The fourth-order valence-electron chi connectivity index (χ4n) is 2.72. The molecule has 3 rings (SSSR count). The van der Waals surface area contributed by atoms with Crippen LogP contribution in [0.1, 0.15) is 0 Å². The summed E-state index contributed by atoms with van der Waals surface area (Å²) in [7, 11) is 1.96. The van der Waals surface area contributed by atoms with Crippen LogP contribution in [0, 0.1) is 0 Å². The molecule has 2 amide bonds. The minimum atomic E-state index is -0.539. The molecule has 7 nitrogen and oxygen atoms in total. The number of anilines is 1. The summed E-state index contributed by atoms with van der Waals surface area (Å²) < 4.78 is 1.37. The van der Waals surface area contributed by atoms with Crippen LogP contribution in [0.5, 0.6) is 0 Å². The molecule has 1 aliphatic rings. The zero-order valence-corrected chi connectivity index (χ0v) is 12.3.